The van der Waals surface area contributed by atoms with E-state index in [2.05, 4.69) is 15.6 Å². The van der Waals surface area contributed by atoms with E-state index in [0.717, 1.165) is 30.8 Å². The summed E-state index contributed by atoms with van der Waals surface area (Å²) < 4.78 is 0. The lowest BCUT2D eigenvalue weighted by molar-refractivity contribution is 0.0690. The Bertz CT molecular complexity index is 510. The van der Waals surface area contributed by atoms with E-state index in [0.29, 0.717) is 0 Å². The van der Waals surface area contributed by atoms with Crippen molar-refractivity contribution in [1.82, 2.24) is 15.6 Å². The van der Waals surface area contributed by atoms with Crippen LogP contribution in [0, 0.1) is 0 Å². The molecule has 1 atom stereocenters. The summed E-state index contributed by atoms with van der Waals surface area (Å²) in [5.74, 6) is -0.975. The number of rotatable bonds is 1. The summed E-state index contributed by atoms with van der Waals surface area (Å²) >= 11 is 0. The third-order valence-electron chi connectivity index (χ3n) is 3.16. The van der Waals surface area contributed by atoms with E-state index >= 15 is 0 Å². The first-order valence-electron chi connectivity index (χ1n) is 5.66. The molecule has 1 aromatic rings. The van der Waals surface area contributed by atoms with Crippen LogP contribution >= 0.6 is 0 Å². The maximum atomic E-state index is 10.9. The smallest absolute Gasteiger partial charge is 0.354 e. The van der Waals surface area contributed by atoms with Gasteiger partial charge in [0.25, 0.3) is 0 Å². The molecule has 1 unspecified atom stereocenters. The fourth-order valence-corrected chi connectivity index (χ4v) is 2.31. The molecule has 5 nitrogen and oxygen atoms in total. The molecule has 0 saturated carbocycles. The lowest BCUT2D eigenvalue weighted by Gasteiger charge is -2.31. The van der Waals surface area contributed by atoms with E-state index in [9.17, 15) is 4.79 Å². The first kappa shape index (κ1) is 10.3. The number of carbonyl (C=O) groups is 1. The van der Waals surface area contributed by atoms with Crippen LogP contribution in [-0.4, -0.2) is 35.2 Å². The molecule has 1 saturated heterocycles. The topological polar surface area (TPSA) is 74.2 Å². The number of piperazine rings is 1. The van der Waals surface area contributed by atoms with Crippen molar-refractivity contribution in [3.63, 3.8) is 0 Å². The first-order chi connectivity index (χ1) is 8.24. The molecule has 2 aliphatic rings. The third kappa shape index (κ3) is 1.78. The highest BCUT2D eigenvalue weighted by molar-refractivity contribution is 5.85. The zero-order valence-corrected chi connectivity index (χ0v) is 9.23. The van der Waals surface area contributed by atoms with Crippen molar-refractivity contribution >= 4 is 12.0 Å². The number of aromatic nitrogens is 1. The minimum absolute atomic E-state index is 0.115. The molecule has 3 N–H and O–H groups in total. The SMILES string of the molecule is O=C(O)c1ccc2c(n1)CC1NCCNC1=C2. The van der Waals surface area contributed by atoms with Crippen LogP contribution < -0.4 is 10.6 Å². The van der Waals surface area contributed by atoms with E-state index in [1.54, 1.807) is 6.07 Å². The molecule has 1 aliphatic heterocycles. The van der Waals surface area contributed by atoms with Crippen molar-refractivity contribution in [2.45, 2.75) is 12.5 Å². The standard InChI is InChI=1S/C12H13N3O2/c16-12(17)8-2-1-7-5-10-11(6-9(7)15-8)14-4-3-13-10/h1-2,5,11,13-14H,3-4,6H2,(H,16,17). The fourth-order valence-electron chi connectivity index (χ4n) is 2.31. The van der Waals surface area contributed by atoms with Crippen LogP contribution in [0.3, 0.4) is 0 Å². The van der Waals surface area contributed by atoms with Crippen LogP contribution in [0.15, 0.2) is 17.8 Å². The van der Waals surface area contributed by atoms with E-state index < -0.39 is 5.97 Å². The summed E-state index contributed by atoms with van der Waals surface area (Å²) in [5.41, 5.74) is 3.16. The Morgan fingerprint density at radius 3 is 3.12 bits per heavy atom. The van der Waals surface area contributed by atoms with Gasteiger partial charge in [-0.1, -0.05) is 6.07 Å². The second-order valence-electron chi connectivity index (χ2n) is 4.27. The van der Waals surface area contributed by atoms with Crippen molar-refractivity contribution in [1.29, 1.82) is 0 Å². The minimum atomic E-state index is -0.975. The van der Waals surface area contributed by atoms with E-state index in [1.165, 1.54) is 5.70 Å². The van der Waals surface area contributed by atoms with E-state index in [-0.39, 0.29) is 11.7 Å². The van der Waals surface area contributed by atoms with Crippen molar-refractivity contribution in [3.8, 4) is 0 Å². The predicted octanol–water partition coefficient (Wildman–Crippen LogP) is 0.238. The molecule has 0 amide bonds. The molecule has 0 aromatic carbocycles. The van der Waals surface area contributed by atoms with Gasteiger partial charge in [-0.15, -0.1) is 0 Å². The Balaban J connectivity index is 2.01. The number of nitrogens with one attached hydrogen (secondary N) is 2. The Morgan fingerprint density at radius 1 is 1.41 bits per heavy atom. The quantitative estimate of drug-likeness (QED) is 0.645. The van der Waals surface area contributed by atoms with Gasteiger partial charge >= 0.3 is 5.97 Å². The van der Waals surface area contributed by atoms with Crippen LogP contribution in [0.4, 0.5) is 0 Å². The van der Waals surface area contributed by atoms with Gasteiger partial charge in [0, 0.05) is 25.2 Å². The van der Waals surface area contributed by atoms with Gasteiger partial charge < -0.3 is 15.7 Å². The van der Waals surface area contributed by atoms with Crippen LogP contribution in [-0.2, 0) is 6.42 Å². The molecule has 0 bridgehead atoms. The number of carboxylic acids is 1. The van der Waals surface area contributed by atoms with Gasteiger partial charge in [0.1, 0.15) is 5.69 Å². The molecular formula is C12H13N3O2. The Morgan fingerprint density at radius 2 is 2.29 bits per heavy atom. The second kappa shape index (κ2) is 3.85. The highest BCUT2D eigenvalue weighted by Gasteiger charge is 2.24. The summed E-state index contributed by atoms with van der Waals surface area (Å²) in [6.45, 7) is 1.86. The van der Waals surface area contributed by atoms with E-state index in [4.69, 9.17) is 5.11 Å². The van der Waals surface area contributed by atoms with Gasteiger partial charge in [0.05, 0.1) is 11.7 Å². The van der Waals surface area contributed by atoms with Crippen molar-refractivity contribution < 1.29 is 9.90 Å². The average Bonchev–Trinajstić information content (AvgIpc) is 2.35. The number of carboxylic acid groups (broad SMARTS) is 1. The lowest BCUT2D eigenvalue weighted by atomic mass is 9.94. The molecule has 1 aliphatic carbocycles. The molecule has 1 aromatic heterocycles. The van der Waals surface area contributed by atoms with Gasteiger partial charge in [-0.25, -0.2) is 9.78 Å². The second-order valence-corrected chi connectivity index (χ2v) is 4.27. The van der Waals surface area contributed by atoms with Crippen molar-refractivity contribution in [2.24, 2.45) is 0 Å². The van der Waals surface area contributed by atoms with Crippen molar-refractivity contribution in [2.75, 3.05) is 13.1 Å². The third-order valence-corrected chi connectivity index (χ3v) is 3.16. The maximum Gasteiger partial charge on any atom is 0.354 e. The van der Waals surface area contributed by atoms with Gasteiger partial charge in [-0.05, 0) is 17.7 Å². The van der Waals surface area contributed by atoms with Crippen molar-refractivity contribution in [3.05, 3.63) is 34.8 Å². The highest BCUT2D eigenvalue weighted by atomic mass is 16.4. The van der Waals surface area contributed by atoms with Crippen LogP contribution in [0.1, 0.15) is 21.7 Å². The number of fused-ring (bicyclic) bond motifs is 2. The largest absolute Gasteiger partial charge is 0.477 e. The summed E-state index contributed by atoms with van der Waals surface area (Å²) in [6, 6.07) is 3.62. The van der Waals surface area contributed by atoms with Gasteiger partial charge in [-0.2, -0.15) is 0 Å². The Kier molecular flexibility index (Phi) is 2.33. The first-order valence-corrected chi connectivity index (χ1v) is 5.66. The molecular weight excluding hydrogens is 218 g/mol. The van der Waals surface area contributed by atoms with Crippen LogP contribution in [0.25, 0.3) is 6.08 Å². The number of hydrogen-bond acceptors (Lipinski definition) is 4. The zero-order valence-electron chi connectivity index (χ0n) is 9.23. The summed E-state index contributed by atoms with van der Waals surface area (Å²) in [6.07, 6.45) is 2.80. The predicted molar refractivity (Wildman–Crippen MR) is 62.7 cm³/mol. The number of nitrogens with zero attached hydrogens (tertiary/aromatic N) is 1. The van der Waals surface area contributed by atoms with Gasteiger partial charge in [-0.3, -0.25) is 0 Å². The number of aromatic carboxylic acids is 1. The van der Waals surface area contributed by atoms with Gasteiger partial charge in [0.15, 0.2) is 0 Å². The van der Waals surface area contributed by atoms with Crippen LogP contribution in [0.2, 0.25) is 0 Å². The summed E-state index contributed by atoms with van der Waals surface area (Å²) in [5, 5.41) is 15.7. The van der Waals surface area contributed by atoms with Gasteiger partial charge in [0.2, 0.25) is 0 Å². The number of pyridine rings is 1. The highest BCUT2D eigenvalue weighted by Crippen LogP contribution is 2.23. The van der Waals surface area contributed by atoms with Crippen LogP contribution in [0.5, 0.6) is 0 Å². The molecule has 1 fully saturated rings. The fraction of sp³-hybridized carbons (Fsp3) is 0.333. The monoisotopic (exact) mass is 231 g/mol. The van der Waals surface area contributed by atoms with E-state index in [1.807, 2.05) is 12.1 Å². The molecule has 17 heavy (non-hydrogen) atoms. The Hall–Kier alpha value is -1.88. The molecule has 3 rings (SSSR count). The summed E-state index contributed by atoms with van der Waals surface area (Å²) in [7, 11) is 0. The normalized spacial score (nSPS) is 21.9. The average molecular weight is 231 g/mol. The lowest BCUT2D eigenvalue weighted by Crippen LogP contribution is -2.48. The molecule has 2 heterocycles. The number of hydrogen-bond donors (Lipinski definition) is 3. The molecule has 5 heteroatoms. The molecule has 0 radical (unpaired) electrons. The molecule has 88 valence electrons. The maximum absolute atomic E-state index is 10.9. The zero-order chi connectivity index (χ0) is 11.8. The summed E-state index contributed by atoms with van der Waals surface area (Å²) in [4.78, 5) is 15.1. The Labute approximate surface area is 98.6 Å². The minimum Gasteiger partial charge on any atom is -0.477 e. The molecule has 0 spiro atoms.